The molecule has 0 bridgehead atoms. The molecule has 0 spiro atoms. The van der Waals surface area contributed by atoms with Crippen LogP contribution in [0.3, 0.4) is 0 Å². The number of aliphatic hydroxyl groups excluding tert-OH is 1. The Morgan fingerprint density at radius 1 is 1.28 bits per heavy atom. The summed E-state index contributed by atoms with van der Waals surface area (Å²) < 4.78 is 34.9. The number of thioether (sulfide) groups is 1. The summed E-state index contributed by atoms with van der Waals surface area (Å²) in [7, 11) is 0. The van der Waals surface area contributed by atoms with Crippen molar-refractivity contribution in [3.63, 3.8) is 0 Å². The zero-order valence-corrected chi connectivity index (χ0v) is 21.6. The fourth-order valence-electron chi connectivity index (χ4n) is 5.18. The number of nitrogens with one attached hydrogen (secondary N) is 1. The molecule has 36 heavy (non-hydrogen) atoms. The number of hydrogen-bond acceptors (Lipinski definition) is 8. The van der Waals surface area contributed by atoms with E-state index in [9.17, 15) is 13.9 Å². The van der Waals surface area contributed by atoms with E-state index in [1.54, 1.807) is 17.8 Å². The van der Waals surface area contributed by atoms with Crippen LogP contribution in [0.25, 0.3) is 11.2 Å². The van der Waals surface area contributed by atoms with E-state index < -0.39 is 11.6 Å². The Hall–Kier alpha value is -2.37. The summed E-state index contributed by atoms with van der Waals surface area (Å²) in [5, 5.41) is 22.3. The summed E-state index contributed by atoms with van der Waals surface area (Å²) in [5.41, 5.74) is 1.69. The van der Waals surface area contributed by atoms with Gasteiger partial charge in [-0.2, -0.15) is 0 Å². The molecule has 2 fully saturated rings. The van der Waals surface area contributed by atoms with E-state index in [-0.39, 0.29) is 36.1 Å². The minimum Gasteiger partial charge on any atom is -0.394 e. The zero-order valence-electron chi connectivity index (χ0n) is 20.7. The Kier molecular flexibility index (Phi) is 7.15. The molecule has 0 aliphatic heterocycles. The molecule has 2 aliphatic rings. The third kappa shape index (κ3) is 4.68. The molecular formula is C25H32F2N6O2S. The fourth-order valence-corrected chi connectivity index (χ4v) is 5.88. The molecule has 1 aromatic carbocycles. The number of anilines is 1. The molecule has 11 heteroatoms. The lowest BCUT2D eigenvalue weighted by atomic mass is 9.90. The van der Waals surface area contributed by atoms with Gasteiger partial charge in [-0.05, 0) is 50.3 Å². The second-order valence-electron chi connectivity index (χ2n) is 9.96. The lowest BCUT2D eigenvalue weighted by Gasteiger charge is -2.31. The molecule has 0 saturated heterocycles. The summed E-state index contributed by atoms with van der Waals surface area (Å²) >= 11 is 1.59. The number of benzene rings is 1. The van der Waals surface area contributed by atoms with Crippen molar-refractivity contribution in [1.29, 1.82) is 0 Å². The Labute approximate surface area is 213 Å². The van der Waals surface area contributed by atoms with Gasteiger partial charge in [-0.3, -0.25) is 0 Å². The van der Waals surface area contributed by atoms with Crippen molar-refractivity contribution in [3.8, 4) is 0 Å². The maximum atomic E-state index is 13.8. The summed E-state index contributed by atoms with van der Waals surface area (Å²) in [4.78, 5) is 9.60. The second kappa shape index (κ2) is 10.2. The maximum absolute atomic E-state index is 13.8. The molecule has 2 saturated carbocycles. The van der Waals surface area contributed by atoms with Gasteiger partial charge in [0.2, 0.25) is 0 Å². The van der Waals surface area contributed by atoms with Gasteiger partial charge < -0.3 is 15.2 Å². The molecule has 5 atom stereocenters. The summed E-state index contributed by atoms with van der Waals surface area (Å²) in [6.07, 6.45) is 3.53. The summed E-state index contributed by atoms with van der Waals surface area (Å²) in [6, 6.07) is 4.12. The first-order chi connectivity index (χ1) is 17.4. The standard InChI is InChI=1S/C25H32F2N6O2S/c1-4-11-36-24-29-22(28-19-13-16(19)15-5-6-17(26)18(27)12-15)21-23(30-24)33(32-31-21)25(3)8-7-20(14(25)2)35-10-9-34/h5-6,12,14,16,19-20,34H,4,7-11,13H2,1-3H3,(H,28,29,30)/t14-,16+,19-,20?,25+/m1/s1. The molecule has 2 aliphatic carbocycles. The van der Waals surface area contributed by atoms with E-state index >= 15 is 0 Å². The summed E-state index contributed by atoms with van der Waals surface area (Å²) in [5.74, 6) is 0.0514. The van der Waals surface area contributed by atoms with E-state index in [2.05, 4.69) is 36.4 Å². The fraction of sp³-hybridized carbons (Fsp3) is 0.600. The Bertz CT molecular complexity index is 1240. The van der Waals surface area contributed by atoms with Crippen LogP contribution in [0.5, 0.6) is 0 Å². The molecule has 5 rings (SSSR count). The number of rotatable bonds is 10. The van der Waals surface area contributed by atoms with E-state index in [0.29, 0.717) is 28.7 Å². The van der Waals surface area contributed by atoms with Gasteiger partial charge in [0.15, 0.2) is 33.8 Å². The van der Waals surface area contributed by atoms with Crippen LogP contribution >= 0.6 is 11.8 Å². The third-order valence-corrected chi connectivity index (χ3v) is 8.63. The van der Waals surface area contributed by atoms with Crippen molar-refractivity contribution in [1.82, 2.24) is 25.0 Å². The Morgan fingerprint density at radius 2 is 2.11 bits per heavy atom. The zero-order chi connectivity index (χ0) is 25.4. The lowest BCUT2D eigenvalue weighted by molar-refractivity contribution is -0.00322. The highest BCUT2D eigenvalue weighted by molar-refractivity contribution is 7.99. The van der Waals surface area contributed by atoms with Gasteiger partial charge in [-0.15, -0.1) is 5.10 Å². The SMILES string of the molecule is CCCSc1nc(N[C@@H]2C[C@H]2c2ccc(F)c(F)c2)c2nnn([C@@]3(C)CCC(OCCO)[C@H]3C)c2n1. The smallest absolute Gasteiger partial charge is 0.191 e. The van der Waals surface area contributed by atoms with E-state index in [0.717, 1.165) is 37.0 Å². The predicted octanol–water partition coefficient (Wildman–Crippen LogP) is 4.49. The van der Waals surface area contributed by atoms with Crippen molar-refractivity contribution >= 4 is 28.7 Å². The number of aromatic nitrogens is 5. The van der Waals surface area contributed by atoms with Gasteiger partial charge in [-0.1, -0.05) is 36.9 Å². The van der Waals surface area contributed by atoms with Crippen LogP contribution in [-0.4, -0.2) is 61.2 Å². The third-order valence-electron chi connectivity index (χ3n) is 7.58. The molecule has 2 N–H and O–H groups in total. The lowest BCUT2D eigenvalue weighted by Crippen LogP contribution is -2.37. The molecule has 8 nitrogen and oxygen atoms in total. The number of halogens is 2. The van der Waals surface area contributed by atoms with Gasteiger partial charge in [0, 0.05) is 23.6 Å². The summed E-state index contributed by atoms with van der Waals surface area (Å²) in [6.45, 7) is 6.73. The first-order valence-electron chi connectivity index (χ1n) is 12.6. The number of nitrogens with zero attached hydrogens (tertiary/aromatic N) is 5. The van der Waals surface area contributed by atoms with Crippen molar-refractivity contribution < 1.29 is 18.6 Å². The van der Waals surface area contributed by atoms with Crippen LogP contribution in [0, 0.1) is 17.6 Å². The first-order valence-corrected chi connectivity index (χ1v) is 13.5. The molecule has 3 aromatic rings. The minimum atomic E-state index is -0.839. The first kappa shape index (κ1) is 25.3. The second-order valence-corrected chi connectivity index (χ2v) is 11.0. The van der Waals surface area contributed by atoms with Gasteiger partial charge in [0.1, 0.15) is 0 Å². The van der Waals surface area contributed by atoms with Crippen LogP contribution in [0.2, 0.25) is 0 Å². The normalized spacial score (nSPS) is 27.6. The van der Waals surface area contributed by atoms with Gasteiger partial charge >= 0.3 is 0 Å². The van der Waals surface area contributed by atoms with Crippen LogP contribution in [0.4, 0.5) is 14.6 Å². The van der Waals surface area contributed by atoms with E-state index in [4.69, 9.17) is 14.7 Å². The topological polar surface area (TPSA) is 98.0 Å². The Morgan fingerprint density at radius 3 is 2.86 bits per heavy atom. The van der Waals surface area contributed by atoms with Gasteiger partial charge in [0.25, 0.3) is 0 Å². The molecule has 194 valence electrons. The molecule has 1 unspecified atom stereocenters. The average molecular weight is 519 g/mol. The van der Waals surface area contributed by atoms with Crippen LogP contribution in [-0.2, 0) is 10.3 Å². The molecule has 2 heterocycles. The Balaban J connectivity index is 1.45. The van der Waals surface area contributed by atoms with E-state index in [1.807, 2.05) is 4.68 Å². The highest BCUT2D eigenvalue weighted by atomic mass is 32.2. The predicted molar refractivity (Wildman–Crippen MR) is 134 cm³/mol. The van der Waals surface area contributed by atoms with Crippen molar-refractivity contribution in [3.05, 3.63) is 35.4 Å². The van der Waals surface area contributed by atoms with Crippen molar-refractivity contribution in [2.75, 3.05) is 24.3 Å². The number of aliphatic hydroxyl groups is 1. The molecule has 2 aromatic heterocycles. The van der Waals surface area contributed by atoms with Gasteiger partial charge in [-0.25, -0.2) is 23.4 Å². The minimum absolute atomic E-state index is 0.000813. The van der Waals surface area contributed by atoms with Crippen LogP contribution in [0.1, 0.15) is 57.9 Å². The monoisotopic (exact) mass is 518 g/mol. The van der Waals surface area contributed by atoms with E-state index in [1.165, 1.54) is 12.1 Å². The van der Waals surface area contributed by atoms with Crippen LogP contribution in [0.15, 0.2) is 23.4 Å². The van der Waals surface area contributed by atoms with Crippen molar-refractivity contribution in [2.45, 2.75) is 75.2 Å². The van der Waals surface area contributed by atoms with Gasteiger partial charge in [0.05, 0.1) is 24.9 Å². The molecule has 0 amide bonds. The van der Waals surface area contributed by atoms with Crippen molar-refractivity contribution in [2.24, 2.45) is 5.92 Å². The molecular weight excluding hydrogens is 486 g/mol. The number of fused-ring (bicyclic) bond motifs is 1. The van der Waals surface area contributed by atoms with Crippen LogP contribution < -0.4 is 5.32 Å². The largest absolute Gasteiger partial charge is 0.394 e. The molecule has 0 radical (unpaired) electrons. The average Bonchev–Trinajstić information content (AvgIpc) is 3.39. The quantitative estimate of drug-likeness (QED) is 0.299. The highest BCUT2D eigenvalue weighted by Crippen LogP contribution is 2.46. The maximum Gasteiger partial charge on any atom is 0.191 e. The number of hydrogen-bond donors (Lipinski definition) is 2. The highest BCUT2D eigenvalue weighted by Gasteiger charge is 2.47. The number of ether oxygens (including phenoxy) is 1.